The molecule has 24 heavy (non-hydrogen) atoms. The summed E-state index contributed by atoms with van der Waals surface area (Å²) in [6.45, 7) is 5.12. The molecular weight excluding hydrogens is 320 g/mol. The number of H-pyrrole nitrogens is 1. The topological polar surface area (TPSA) is 61.9 Å². The Balaban J connectivity index is 1.78. The number of fused-ring (bicyclic) bond motifs is 3. The number of para-hydroxylation sites is 1. The molecule has 0 bridgehead atoms. The van der Waals surface area contributed by atoms with E-state index in [-0.39, 0.29) is 11.9 Å². The van der Waals surface area contributed by atoms with Crippen molar-refractivity contribution in [3.63, 3.8) is 0 Å². The number of carbonyl (C=O) groups is 1. The molecule has 0 aliphatic carbocycles. The SMILES string of the molecule is CC(C)C[C@@H]1c2[nH]c3ccccc3c2CCN1C(=O)c1csnn1. The fourth-order valence-electron chi connectivity index (χ4n) is 3.66. The van der Waals surface area contributed by atoms with Crippen LogP contribution >= 0.6 is 11.5 Å². The third kappa shape index (κ3) is 2.51. The van der Waals surface area contributed by atoms with E-state index in [9.17, 15) is 4.79 Å². The highest BCUT2D eigenvalue weighted by Gasteiger charge is 2.34. The summed E-state index contributed by atoms with van der Waals surface area (Å²) in [6, 6.07) is 8.46. The van der Waals surface area contributed by atoms with Crippen molar-refractivity contribution in [3.8, 4) is 0 Å². The Morgan fingerprint density at radius 1 is 1.42 bits per heavy atom. The molecule has 1 amide bonds. The van der Waals surface area contributed by atoms with Crippen molar-refractivity contribution < 1.29 is 4.79 Å². The van der Waals surface area contributed by atoms with E-state index in [2.05, 4.69) is 46.6 Å². The maximum atomic E-state index is 12.9. The summed E-state index contributed by atoms with van der Waals surface area (Å²) in [5, 5.41) is 6.98. The third-order valence-corrected chi connectivity index (χ3v) is 5.20. The van der Waals surface area contributed by atoms with Gasteiger partial charge in [0.25, 0.3) is 5.91 Å². The second-order valence-electron chi connectivity index (χ2n) is 6.75. The first-order chi connectivity index (χ1) is 11.6. The van der Waals surface area contributed by atoms with Crippen molar-refractivity contribution in [2.45, 2.75) is 32.7 Å². The highest BCUT2D eigenvalue weighted by atomic mass is 32.1. The Labute approximate surface area is 144 Å². The molecule has 6 heteroatoms. The van der Waals surface area contributed by atoms with Gasteiger partial charge in [-0.1, -0.05) is 36.5 Å². The van der Waals surface area contributed by atoms with Gasteiger partial charge in [-0.15, -0.1) is 5.10 Å². The van der Waals surface area contributed by atoms with Gasteiger partial charge >= 0.3 is 0 Å². The zero-order valence-electron chi connectivity index (χ0n) is 13.8. The maximum absolute atomic E-state index is 12.9. The molecule has 0 saturated carbocycles. The standard InChI is InChI=1S/C18H20N4OS/c1-11(2)9-16-17-13(12-5-3-4-6-14(12)19-17)7-8-22(16)18(23)15-10-24-21-20-15/h3-6,10-11,16,19H,7-9H2,1-2H3/t16-/m1/s1. The van der Waals surface area contributed by atoms with Crippen LogP contribution in [0.1, 0.15) is 48.1 Å². The number of aromatic amines is 1. The first-order valence-electron chi connectivity index (χ1n) is 8.32. The molecule has 0 saturated heterocycles. The van der Waals surface area contributed by atoms with Crippen molar-refractivity contribution in [3.05, 3.63) is 46.6 Å². The van der Waals surface area contributed by atoms with Crippen LogP contribution in [0.15, 0.2) is 29.6 Å². The van der Waals surface area contributed by atoms with Crippen molar-refractivity contribution in [2.75, 3.05) is 6.54 Å². The normalized spacial score (nSPS) is 17.5. The average molecular weight is 340 g/mol. The van der Waals surface area contributed by atoms with Crippen LogP contribution < -0.4 is 0 Å². The molecule has 1 aliphatic heterocycles. The van der Waals surface area contributed by atoms with Crippen LogP contribution in [0.5, 0.6) is 0 Å². The van der Waals surface area contributed by atoms with E-state index in [1.165, 1.54) is 28.2 Å². The zero-order valence-corrected chi connectivity index (χ0v) is 14.6. The molecule has 3 aromatic rings. The predicted octanol–water partition coefficient (Wildman–Crippen LogP) is 3.81. The number of nitrogens with zero attached hydrogens (tertiary/aromatic N) is 3. The van der Waals surface area contributed by atoms with Crippen molar-refractivity contribution >= 4 is 28.3 Å². The molecule has 5 nitrogen and oxygen atoms in total. The minimum atomic E-state index is -0.0151. The predicted molar refractivity (Wildman–Crippen MR) is 95.1 cm³/mol. The number of benzene rings is 1. The third-order valence-electron chi connectivity index (χ3n) is 4.69. The molecular formula is C18H20N4OS. The zero-order chi connectivity index (χ0) is 16.7. The van der Waals surface area contributed by atoms with Gasteiger partial charge in [0, 0.05) is 28.5 Å². The van der Waals surface area contributed by atoms with Crippen LogP contribution in [-0.4, -0.2) is 31.9 Å². The minimum absolute atomic E-state index is 0.0151. The summed E-state index contributed by atoms with van der Waals surface area (Å²) in [5.41, 5.74) is 4.15. The van der Waals surface area contributed by atoms with E-state index >= 15 is 0 Å². The van der Waals surface area contributed by atoms with Crippen molar-refractivity contribution in [1.82, 2.24) is 19.5 Å². The summed E-state index contributed by atoms with van der Waals surface area (Å²) >= 11 is 1.22. The monoisotopic (exact) mass is 340 g/mol. The summed E-state index contributed by atoms with van der Waals surface area (Å²) in [5.74, 6) is 0.481. The van der Waals surface area contributed by atoms with Gasteiger partial charge in [0.05, 0.1) is 6.04 Å². The quantitative estimate of drug-likeness (QED) is 0.789. The molecule has 124 valence electrons. The smallest absolute Gasteiger partial charge is 0.275 e. The van der Waals surface area contributed by atoms with Gasteiger partial charge in [-0.25, -0.2) is 0 Å². The van der Waals surface area contributed by atoms with Crippen LogP contribution in [0.2, 0.25) is 0 Å². The number of carbonyl (C=O) groups excluding carboxylic acids is 1. The fourth-order valence-corrected chi connectivity index (χ4v) is 4.09. The first-order valence-corrected chi connectivity index (χ1v) is 9.16. The van der Waals surface area contributed by atoms with Crippen molar-refractivity contribution in [2.24, 2.45) is 5.92 Å². The Morgan fingerprint density at radius 3 is 3.00 bits per heavy atom. The Morgan fingerprint density at radius 2 is 2.25 bits per heavy atom. The van der Waals surface area contributed by atoms with E-state index in [4.69, 9.17) is 0 Å². The minimum Gasteiger partial charge on any atom is -0.356 e. The molecule has 1 aromatic carbocycles. The highest BCUT2D eigenvalue weighted by Crippen LogP contribution is 2.38. The first kappa shape index (κ1) is 15.3. The Bertz CT molecular complexity index is 868. The van der Waals surface area contributed by atoms with Crippen LogP contribution in [0, 0.1) is 5.92 Å². The van der Waals surface area contributed by atoms with E-state index in [0.29, 0.717) is 11.6 Å². The number of amides is 1. The molecule has 0 fully saturated rings. The van der Waals surface area contributed by atoms with Crippen molar-refractivity contribution in [1.29, 1.82) is 0 Å². The number of nitrogens with one attached hydrogen (secondary N) is 1. The fraction of sp³-hybridized carbons (Fsp3) is 0.389. The number of hydrogen-bond acceptors (Lipinski definition) is 4. The van der Waals surface area contributed by atoms with Crippen LogP contribution in [-0.2, 0) is 6.42 Å². The molecule has 2 aromatic heterocycles. The molecule has 4 rings (SSSR count). The molecule has 3 heterocycles. The van der Waals surface area contributed by atoms with Gasteiger partial charge in [0.15, 0.2) is 5.69 Å². The lowest BCUT2D eigenvalue weighted by molar-refractivity contribution is 0.0626. The maximum Gasteiger partial charge on any atom is 0.275 e. The van der Waals surface area contributed by atoms with Gasteiger partial charge in [-0.05, 0) is 41.9 Å². The molecule has 0 unspecified atom stereocenters. The number of hydrogen-bond donors (Lipinski definition) is 1. The molecule has 1 atom stereocenters. The Kier molecular flexibility index (Phi) is 3.84. The summed E-state index contributed by atoms with van der Waals surface area (Å²) in [7, 11) is 0. The summed E-state index contributed by atoms with van der Waals surface area (Å²) in [4.78, 5) is 18.4. The van der Waals surface area contributed by atoms with E-state index in [1.54, 1.807) is 5.38 Å². The highest BCUT2D eigenvalue weighted by molar-refractivity contribution is 7.03. The summed E-state index contributed by atoms with van der Waals surface area (Å²) < 4.78 is 3.84. The van der Waals surface area contributed by atoms with Gasteiger partial charge in [0.1, 0.15) is 0 Å². The van der Waals surface area contributed by atoms with Gasteiger partial charge in [-0.2, -0.15) is 0 Å². The largest absolute Gasteiger partial charge is 0.356 e. The molecule has 0 radical (unpaired) electrons. The van der Waals surface area contributed by atoms with E-state index < -0.39 is 0 Å². The second kappa shape index (κ2) is 6.02. The number of aromatic nitrogens is 3. The lowest BCUT2D eigenvalue weighted by Gasteiger charge is -2.36. The summed E-state index contributed by atoms with van der Waals surface area (Å²) in [6.07, 6.45) is 1.81. The molecule has 1 aliphatic rings. The molecule has 0 spiro atoms. The second-order valence-corrected chi connectivity index (χ2v) is 7.36. The Hall–Kier alpha value is -2.21. The van der Waals surface area contributed by atoms with Crippen LogP contribution in [0.25, 0.3) is 10.9 Å². The lowest BCUT2D eigenvalue weighted by Crippen LogP contribution is -2.40. The molecule has 1 N–H and O–H groups in total. The van der Waals surface area contributed by atoms with Crippen LogP contribution in [0.3, 0.4) is 0 Å². The van der Waals surface area contributed by atoms with E-state index in [1.807, 2.05) is 11.0 Å². The van der Waals surface area contributed by atoms with Crippen LogP contribution in [0.4, 0.5) is 0 Å². The van der Waals surface area contributed by atoms with Gasteiger partial charge in [-0.3, -0.25) is 4.79 Å². The van der Waals surface area contributed by atoms with E-state index in [0.717, 1.165) is 24.9 Å². The van der Waals surface area contributed by atoms with Gasteiger partial charge in [0.2, 0.25) is 0 Å². The average Bonchev–Trinajstić information content (AvgIpc) is 3.22. The lowest BCUT2D eigenvalue weighted by atomic mass is 9.91. The van der Waals surface area contributed by atoms with Gasteiger partial charge < -0.3 is 9.88 Å². The number of rotatable bonds is 3.